The van der Waals surface area contributed by atoms with E-state index in [0.717, 1.165) is 30.8 Å². The maximum Gasteiger partial charge on any atom is 0.303 e. The summed E-state index contributed by atoms with van der Waals surface area (Å²) >= 11 is 0. The Morgan fingerprint density at radius 1 is 1.56 bits per heavy atom. The molecule has 1 unspecified atom stereocenters. The van der Waals surface area contributed by atoms with Crippen LogP contribution in [0.2, 0.25) is 0 Å². The molecule has 1 rings (SSSR count). The van der Waals surface area contributed by atoms with E-state index in [2.05, 4.69) is 25.0 Å². The Hall–Kier alpha value is -1.32. The van der Waals surface area contributed by atoms with Crippen molar-refractivity contribution in [3.63, 3.8) is 0 Å². The fourth-order valence-electron chi connectivity index (χ4n) is 1.85. The van der Waals surface area contributed by atoms with E-state index < -0.39 is 5.97 Å². The summed E-state index contributed by atoms with van der Waals surface area (Å²) in [5.74, 6) is -0.574. The standard InChI is InChI=1S/C12H20N2O2/c1-4-10-8-11(14(5-2)13-10)6-9(3)7-12(15)16/h8-9H,4-7H2,1-3H3,(H,15,16). The lowest BCUT2D eigenvalue weighted by Gasteiger charge is -2.09. The summed E-state index contributed by atoms with van der Waals surface area (Å²) in [6, 6.07) is 2.09. The van der Waals surface area contributed by atoms with Gasteiger partial charge in [-0.15, -0.1) is 0 Å². The van der Waals surface area contributed by atoms with Crippen LogP contribution in [-0.4, -0.2) is 20.9 Å². The first-order valence-electron chi connectivity index (χ1n) is 5.84. The molecule has 0 aliphatic rings. The Bertz CT molecular complexity index is 358. The van der Waals surface area contributed by atoms with E-state index in [1.54, 1.807) is 0 Å². The van der Waals surface area contributed by atoms with Crippen molar-refractivity contribution in [3.8, 4) is 0 Å². The molecule has 0 aliphatic heterocycles. The molecule has 0 aromatic carbocycles. The van der Waals surface area contributed by atoms with Gasteiger partial charge in [-0.3, -0.25) is 9.48 Å². The fourth-order valence-corrected chi connectivity index (χ4v) is 1.85. The zero-order chi connectivity index (χ0) is 12.1. The Morgan fingerprint density at radius 2 is 2.25 bits per heavy atom. The van der Waals surface area contributed by atoms with Crippen LogP contribution in [0.4, 0.5) is 0 Å². The summed E-state index contributed by atoms with van der Waals surface area (Å²) in [6.45, 7) is 6.94. The second-order valence-electron chi connectivity index (χ2n) is 4.20. The molecule has 0 amide bonds. The zero-order valence-electron chi connectivity index (χ0n) is 10.2. The molecule has 0 bridgehead atoms. The highest BCUT2D eigenvalue weighted by molar-refractivity contribution is 5.66. The highest BCUT2D eigenvalue weighted by Crippen LogP contribution is 2.14. The molecule has 1 aromatic heterocycles. The van der Waals surface area contributed by atoms with Crippen molar-refractivity contribution >= 4 is 5.97 Å². The molecule has 0 radical (unpaired) electrons. The van der Waals surface area contributed by atoms with Crippen LogP contribution < -0.4 is 0 Å². The number of hydrogen-bond acceptors (Lipinski definition) is 2. The second-order valence-corrected chi connectivity index (χ2v) is 4.20. The number of hydrogen-bond donors (Lipinski definition) is 1. The Kier molecular flexibility index (Phi) is 4.52. The van der Waals surface area contributed by atoms with Crippen LogP contribution in [0.15, 0.2) is 6.07 Å². The van der Waals surface area contributed by atoms with Gasteiger partial charge in [-0.25, -0.2) is 0 Å². The average molecular weight is 224 g/mol. The molecule has 0 fully saturated rings. The minimum absolute atomic E-state index is 0.157. The normalized spacial score (nSPS) is 12.7. The zero-order valence-corrected chi connectivity index (χ0v) is 10.2. The van der Waals surface area contributed by atoms with E-state index in [1.807, 2.05) is 11.6 Å². The van der Waals surface area contributed by atoms with E-state index in [4.69, 9.17) is 5.11 Å². The van der Waals surface area contributed by atoms with E-state index >= 15 is 0 Å². The second kappa shape index (κ2) is 5.68. The van der Waals surface area contributed by atoms with Gasteiger partial charge >= 0.3 is 5.97 Å². The monoisotopic (exact) mass is 224 g/mol. The van der Waals surface area contributed by atoms with Gasteiger partial charge in [-0.2, -0.15) is 5.10 Å². The maximum atomic E-state index is 10.6. The molecule has 0 spiro atoms. The highest BCUT2D eigenvalue weighted by Gasteiger charge is 2.12. The lowest BCUT2D eigenvalue weighted by molar-refractivity contribution is -0.137. The van der Waals surface area contributed by atoms with Gasteiger partial charge in [0.2, 0.25) is 0 Å². The molecule has 16 heavy (non-hydrogen) atoms. The van der Waals surface area contributed by atoms with Crippen LogP contribution in [-0.2, 0) is 24.2 Å². The van der Waals surface area contributed by atoms with Crippen molar-refractivity contribution in [2.75, 3.05) is 0 Å². The van der Waals surface area contributed by atoms with E-state index in [1.165, 1.54) is 0 Å². The SMILES string of the molecule is CCc1cc(CC(C)CC(=O)O)n(CC)n1. The first-order valence-corrected chi connectivity index (χ1v) is 5.84. The number of carbonyl (C=O) groups is 1. The number of aromatic nitrogens is 2. The molecule has 1 heterocycles. The van der Waals surface area contributed by atoms with Crippen LogP contribution >= 0.6 is 0 Å². The predicted molar refractivity (Wildman–Crippen MR) is 62.4 cm³/mol. The third-order valence-electron chi connectivity index (χ3n) is 2.66. The first-order chi connectivity index (χ1) is 7.56. The number of rotatable bonds is 6. The maximum absolute atomic E-state index is 10.6. The lowest BCUT2D eigenvalue weighted by atomic mass is 10.0. The van der Waals surface area contributed by atoms with Gasteiger partial charge in [0.1, 0.15) is 0 Å². The topological polar surface area (TPSA) is 55.1 Å². The molecular formula is C12H20N2O2. The summed E-state index contributed by atoms with van der Waals surface area (Å²) in [7, 11) is 0. The van der Waals surface area contributed by atoms with Gasteiger partial charge in [-0.1, -0.05) is 13.8 Å². The third kappa shape index (κ3) is 3.36. The van der Waals surface area contributed by atoms with Gasteiger partial charge in [-0.05, 0) is 31.7 Å². The summed E-state index contributed by atoms with van der Waals surface area (Å²) in [4.78, 5) is 10.6. The molecule has 4 heteroatoms. The Balaban J connectivity index is 2.71. The van der Waals surface area contributed by atoms with Gasteiger partial charge in [0.05, 0.1) is 5.69 Å². The van der Waals surface area contributed by atoms with E-state index in [0.29, 0.717) is 0 Å². The van der Waals surface area contributed by atoms with Crippen molar-refractivity contribution in [2.24, 2.45) is 5.92 Å². The van der Waals surface area contributed by atoms with Crippen molar-refractivity contribution in [2.45, 2.75) is 46.6 Å². The van der Waals surface area contributed by atoms with Crippen molar-refractivity contribution in [3.05, 3.63) is 17.5 Å². The minimum Gasteiger partial charge on any atom is -0.481 e. The van der Waals surface area contributed by atoms with Crippen molar-refractivity contribution in [1.29, 1.82) is 0 Å². The predicted octanol–water partition coefficient (Wildman–Crippen LogP) is 2.12. The molecule has 0 aliphatic carbocycles. The van der Waals surface area contributed by atoms with Crippen LogP contribution in [0.5, 0.6) is 0 Å². The molecule has 1 N–H and O–H groups in total. The molecule has 1 atom stereocenters. The van der Waals surface area contributed by atoms with E-state index in [9.17, 15) is 4.79 Å². The smallest absolute Gasteiger partial charge is 0.303 e. The van der Waals surface area contributed by atoms with Crippen LogP contribution in [0, 0.1) is 5.92 Å². The van der Waals surface area contributed by atoms with Gasteiger partial charge in [0, 0.05) is 18.7 Å². The summed E-state index contributed by atoms with van der Waals surface area (Å²) < 4.78 is 1.97. The number of nitrogens with zero attached hydrogens (tertiary/aromatic N) is 2. The summed E-state index contributed by atoms with van der Waals surface area (Å²) in [6.07, 6.45) is 1.93. The largest absolute Gasteiger partial charge is 0.481 e. The summed E-state index contributed by atoms with van der Waals surface area (Å²) in [5, 5.41) is 13.2. The molecule has 0 saturated heterocycles. The quantitative estimate of drug-likeness (QED) is 0.805. The first kappa shape index (κ1) is 12.7. The Labute approximate surface area is 96.3 Å². The molecule has 4 nitrogen and oxygen atoms in total. The molecule has 0 saturated carbocycles. The number of carboxylic acid groups (broad SMARTS) is 1. The summed E-state index contributed by atoms with van der Waals surface area (Å²) in [5.41, 5.74) is 2.23. The van der Waals surface area contributed by atoms with Gasteiger partial charge < -0.3 is 5.11 Å². The highest BCUT2D eigenvalue weighted by atomic mass is 16.4. The fraction of sp³-hybridized carbons (Fsp3) is 0.667. The molecule has 90 valence electrons. The molecular weight excluding hydrogens is 204 g/mol. The third-order valence-corrected chi connectivity index (χ3v) is 2.66. The molecule has 1 aromatic rings. The van der Waals surface area contributed by atoms with Gasteiger partial charge in [0.25, 0.3) is 0 Å². The van der Waals surface area contributed by atoms with Crippen LogP contribution in [0.1, 0.15) is 38.6 Å². The van der Waals surface area contributed by atoms with E-state index in [-0.39, 0.29) is 12.3 Å². The number of aryl methyl sites for hydroxylation is 2. The number of carboxylic acids is 1. The Morgan fingerprint density at radius 3 is 2.75 bits per heavy atom. The lowest BCUT2D eigenvalue weighted by Crippen LogP contribution is -2.11. The number of aliphatic carboxylic acids is 1. The minimum atomic E-state index is -0.731. The average Bonchev–Trinajstić information content (AvgIpc) is 2.59. The van der Waals surface area contributed by atoms with Crippen molar-refractivity contribution in [1.82, 2.24) is 9.78 Å². The van der Waals surface area contributed by atoms with Crippen LogP contribution in [0.3, 0.4) is 0 Å². The van der Waals surface area contributed by atoms with Crippen molar-refractivity contribution < 1.29 is 9.90 Å². The van der Waals surface area contributed by atoms with Gasteiger partial charge in [0.15, 0.2) is 0 Å². The van der Waals surface area contributed by atoms with Crippen LogP contribution in [0.25, 0.3) is 0 Å².